The molecule has 2 fully saturated rings. The molecule has 0 saturated heterocycles. The number of nitrogens with zero attached hydrogens (tertiary/aromatic N) is 3. The molecule has 8 heteroatoms. The number of methoxy groups -OCH3 is 1. The number of aliphatic carboxylic acids is 1. The zero-order valence-electron chi connectivity index (χ0n) is 22.4. The maximum Gasteiger partial charge on any atom is 0.306 e. The van der Waals surface area contributed by atoms with Crippen molar-refractivity contribution in [2.45, 2.75) is 44.7 Å². The Bertz CT molecular complexity index is 1650. The number of rotatable bonds is 7. The molecule has 2 N–H and O–H groups in total. The van der Waals surface area contributed by atoms with Gasteiger partial charge in [0.15, 0.2) is 0 Å². The summed E-state index contributed by atoms with van der Waals surface area (Å²) in [5.74, 6) is -0.444. The molecule has 0 aliphatic heterocycles. The Morgan fingerprint density at radius 2 is 1.85 bits per heavy atom. The molecule has 202 valence electrons. The fraction of sp³-hybridized carbons (Fsp3) is 0.312. The topological polar surface area (TPSA) is 117 Å². The van der Waals surface area contributed by atoms with E-state index in [0.29, 0.717) is 29.7 Å². The lowest BCUT2D eigenvalue weighted by Crippen LogP contribution is -2.57. The second kappa shape index (κ2) is 9.83. The lowest BCUT2D eigenvalue weighted by atomic mass is 9.50. The number of aromatic nitrogens is 2. The Morgan fingerprint density at radius 1 is 1.10 bits per heavy atom. The number of hydrogen-bond acceptors (Lipinski definition) is 5. The molecule has 0 unspecified atom stereocenters. The molecule has 2 aliphatic carbocycles. The zero-order chi connectivity index (χ0) is 28.0. The van der Waals surface area contributed by atoms with Crippen LogP contribution in [0, 0.1) is 22.7 Å². The number of carboxylic acid groups (broad SMARTS) is 1. The van der Waals surface area contributed by atoms with Crippen LogP contribution in [-0.2, 0) is 4.79 Å². The molecule has 6 rings (SSSR count). The van der Waals surface area contributed by atoms with Gasteiger partial charge in [0.1, 0.15) is 5.75 Å². The fourth-order valence-electron chi connectivity index (χ4n) is 6.47. The number of para-hydroxylation sites is 1. The molecule has 1 heterocycles. The van der Waals surface area contributed by atoms with Gasteiger partial charge in [0.05, 0.1) is 48.0 Å². The van der Waals surface area contributed by atoms with Gasteiger partial charge in [-0.15, -0.1) is 0 Å². The highest BCUT2D eigenvalue weighted by Crippen LogP contribution is 2.58. The van der Waals surface area contributed by atoms with E-state index in [1.807, 2.05) is 59.3 Å². The van der Waals surface area contributed by atoms with Crippen LogP contribution in [0.15, 0.2) is 66.9 Å². The van der Waals surface area contributed by atoms with Crippen LogP contribution in [0.25, 0.3) is 22.0 Å². The van der Waals surface area contributed by atoms with E-state index >= 15 is 0 Å². The molecule has 0 bridgehead atoms. The van der Waals surface area contributed by atoms with Crippen LogP contribution in [0.5, 0.6) is 5.75 Å². The van der Waals surface area contributed by atoms with Crippen molar-refractivity contribution < 1.29 is 19.4 Å². The van der Waals surface area contributed by atoms with Crippen LogP contribution < -0.4 is 10.1 Å². The molecule has 1 amide bonds. The molecule has 2 saturated carbocycles. The molecule has 2 aliphatic rings. The van der Waals surface area contributed by atoms with E-state index < -0.39 is 5.97 Å². The first kappa shape index (κ1) is 25.6. The van der Waals surface area contributed by atoms with E-state index in [2.05, 4.69) is 23.4 Å². The minimum Gasteiger partial charge on any atom is -0.497 e. The summed E-state index contributed by atoms with van der Waals surface area (Å²) in [5.41, 5.74) is 4.90. The number of carbonyl (C=O) groups is 2. The molecule has 1 aromatic heterocycles. The van der Waals surface area contributed by atoms with Gasteiger partial charge < -0.3 is 15.2 Å². The minimum atomic E-state index is -0.713. The van der Waals surface area contributed by atoms with Crippen LogP contribution >= 0.6 is 0 Å². The second-order valence-corrected chi connectivity index (χ2v) is 11.2. The van der Waals surface area contributed by atoms with E-state index in [-0.39, 0.29) is 29.3 Å². The number of hydrogen-bond donors (Lipinski definition) is 2. The van der Waals surface area contributed by atoms with Crippen molar-refractivity contribution in [1.29, 1.82) is 5.26 Å². The third-order valence-corrected chi connectivity index (χ3v) is 8.63. The number of benzene rings is 3. The number of nitrogens with one attached hydrogen (secondary N) is 1. The average molecular weight is 535 g/mol. The van der Waals surface area contributed by atoms with Crippen molar-refractivity contribution in [3.63, 3.8) is 0 Å². The van der Waals surface area contributed by atoms with Crippen molar-refractivity contribution in [2.24, 2.45) is 11.3 Å². The van der Waals surface area contributed by atoms with Crippen LogP contribution in [0.1, 0.15) is 60.1 Å². The van der Waals surface area contributed by atoms with Crippen molar-refractivity contribution in [2.75, 3.05) is 7.11 Å². The number of amides is 1. The van der Waals surface area contributed by atoms with Crippen molar-refractivity contribution in [3.8, 4) is 22.9 Å². The summed E-state index contributed by atoms with van der Waals surface area (Å²) in [4.78, 5) is 24.6. The quantitative estimate of drug-likeness (QED) is 0.320. The van der Waals surface area contributed by atoms with Gasteiger partial charge in [-0.3, -0.25) is 14.3 Å². The van der Waals surface area contributed by atoms with Gasteiger partial charge in [0, 0.05) is 11.4 Å². The van der Waals surface area contributed by atoms with Gasteiger partial charge in [0.25, 0.3) is 5.91 Å². The van der Waals surface area contributed by atoms with Crippen molar-refractivity contribution in [1.82, 2.24) is 15.1 Å². The first-order chi connectivity index (χ1) is 19.3. The Kier molecular flexibility index (Phi) is 6.30. The van der Waals surface area contributed by atoms with Gasteiger partial charge in [-0.1, -0.05) is 36.4 Å². The molecule has 40 heavy (non-hydrogen) atoms. The number of carbonyl (C=O) groups excluding carboxylic acids is 1. The summed E-state index contributed by atoms with van der Waals surface area (Å²) in [5, 5.41) is 27.3. The normalized spacial score (nSPS) is 22.1. The SMILES string of the molecule is COc1cc(C#N)cc(-c2ccc([C@H](C)n3ncc4cccc(C(=O)NC5CC6(C5)CC(C(=O)O)C6)c43)cc2)c1. The molecule has 1 spiro atoms. The van der Waals surface area contributed by atoms with Crippen LogP contribution in [0.3, 0.4) is 0 Å². The molecule has 3 aromatic carbocycles. The highest BCUT2D eigenvalue weighted by atomic mass is 16.5. The molecular weight excluding hydrogens is 504 g/mol. The summed E-state index contributed by atoms with van der Waals surface area (Å²) in [6.45, 7) is 2.06. The molecule has 4 aromatic rings. The standard InChI is InChI=1S/C32H30N4O4/c1-19(21-6-8-22(9-7-21)24-10-20(17-33)11-27(12-24)40-2)36-29-23(18-34-36)4-3-5-28(29)30(37)35-26-15-32(16-26)13-25(14-32)31(38)39/h3-12,18-19,25-26H,13-16H2,1-2H3,(H,35,37)(H,38,39)/t19-,25?,26?,32?/m0/s1. The van der Waals surface area contributed by atoms with Crippen LogP contribution in [-0.4, -0.2) is 39.9 Å². The largest absolute Gasteiger partial charge is 0.497 e. The van der Waals surface area contributed by atoms with Crippen LogP contribution in [0.4, 0.5) is 0 Å². The fourth-order valence-corrected chi connectivity index (χ4v) is 6.47. The summed E-state index contributed by atoms with van der Waals surface area (Å²) in [7, 11) is 1.58. The lowest BCUT2D eigenvalue weighted by Gasteiger charge is -2.56. The maximum absolute atomic E-state index is 13.4. The number of nitriles is 1. The van der Waals surface area contributed by atoms with Gasteiger partial charge in [-0.05, 0) is 79.0 Å². The van der Waals surface area contributed by atoms with Gasteiger partial charge in [-0.2, -0.15) is 10.4 Å². The molecule has 0 radical (unpaired) electrons. The van der Waals surface area contributed by atoms with E-state index in [0.717, 1.165) is 40.4 Å². The van der Waals surface area contributed by atoms with E-state index in [1.165, 1.54) is 0 Å². The summed E-state index contributed by atoms with van der Waals surface area (Å²) >= 11 is 0. The Balaban J connectivity index is 1.21. The lowest BCUT2D eigenvalue weighted by molar-refractivity contribution is -0.155. The van der Waals surface area contributed by atoms with Gasteiger partial charge >= 0.3 is 5.97 Å². The van der Waals surface area contributed by atoms with E-state index in [9.17, 15) is 20.0 Å². The van der Waals surface area contributed by atoms with Crippen molar-refractivity contribution in [3.05, 3.63) is 83.6 Å². The summed E-state index contributed by atoms with van der Waals surface area (Å²) in [6, 6.07) is 21.4. The maximum atomic E-state index is 13.4. The summed E-state index contributed by atoms with van der Waals surface area (Å²) < 4.78 is 7.24. The van der Waals surface area contributed by atoms with E-state index in [1.54, 1.807) is 19.4 Å². The van der Waals surface area contributed by atoms with Crippen molar-refractivity contribution >= 4 is 22.8 Å². The Hall–Kier alpha value is -4.64. The zero-order valence-corrected chi connectivity index (χ0v) is 22.4. The molecular formula is C32H30N4O4. The highest BCUT2D eigenvalue weighted by molar-refractivity contribution is 6.05. The number of carboxylic acids is 1. The van der Waals surface area contributed by atoms with E-state index in [4.69, 9.17) is 4.74 Å². The average Bonchev–Trinajstić information content (AvgIpc) is 3.37. The number of fused-ring (bicyclic) bond motifs is 1. The predicted octanol–water partition coefficient (Wildman–Crippen LogP) is 5.57. The predicted molar refractivity (Wildman–Crippen MR) is 150 cm³/mol. The molecule has 8 nitrogen and oxygen atoms in total. The van der Waals surface area contributed by atoms with Gasteiger partial charge in [-0.25, -0.2) is 0 Å². The smallest absolute Gasteiger partial charge is 0.306 e. The monoisotopic (exact) mass is 534 g/mol. The minimum absolute atomic E-state index is 0.0667. The Morgan fingerprint density at radius 3 is 2.52 bits per heavy atom. The van der Waals surface area contributed by atoms with Crippen LogP contribution in [0.2, 0.25) is 0 Å². The highest BCUT2D eigenvalue weighted by Gasteiger charge is 2.55. The third-order valence-electron chi connectivity index (χ3n) is 8.63. The second-order valence-electron chi connectivity index (χ2n) is 11.2. The van der Waals surface area contributed by atoms with Gasteiger partial charge in [0.2, 0.25) is 0 Å². The first-order valence-electron chi connectivity index (χ1n) is 13.5. The number of ether oxygens (including phenoxy) is 1. The third kappa shape index (κ3) is 4.47. The molecule has 1 atom stereocenters. The summed E-state index contributed by atoms with van der Waals surface area (Å²) in [6.07, 6.45) is 4.89. The Labute approximate surface area is 232 Å². The first-order valence-corrected chi connectivity index (χ1v) is 13.5.